The molecule has 1 aromatic heterocycles. The maximum Gasteiger partial charge on any atom is 0.410 e. The summed E-state index contributed by atoms with van der Waals surface area (Å²) in [7, 11) is 0. The summed E-state index contributed by atoms with van der Waals surface area (Å²) in [6.07, 6.45) is 0.479. The van der Waals surface area contributed by atoms with Crippen LogP contribution in [0.5, 0.6) is 5.75 Å². The molecule has 1 amide bonds. The fourth-order valence-corrected chi connectivity index (χ4v) is 3.92. The number of fused-ring (bicyclic) bond motifs is 1. The van der Waals surface area contributed by atoms with Crippen molar-refractivity contribution in [2.75, 3.05) is 18.4 Å². The van der Waals surface area contributed by atoms with Gasteiger partial charge in [-0.25, -0.2) is 14.8 Å². The highest BCUT2D eigenvalue weighted by Gasteiger charge is 2.30. The molecule has 3 aromatic rings. The van der Waals surface area contributed by atoms with Crippen molar-refractivity contribution in [2.45, 2.75) is 38.8 Å². The maximum atomic E-state index is 12.4. The number of amides is 1. The Kier molecular flexibility index (Phi) is 5.75. The highest BCUT2D eigenvalue weighted by atomic mass is 79.9. The molecule has 0 spiro atoms. The molecule has 162 valence electrons. The van der Waals surface area contributed by atoms with E-state index in [1.165, 1.54) is 0 Å². The smallest absolute Gasteiger partial charge is 0.410 e. The predicted molar refractivity (Wildman–Crippen MR) is 124 cm³/mol. The van der Waals surface area contributed by atoms with E-state index in [1.807, 2.05) is 45.0 Å². The lowest BCUT2D eigenvalue weighted by Crippen LogP contribution is -2.36. The lowest BCUT2D eigenvalue weighted by molar-refractivity contribution is 0.0293. The topological polar surface area (TPSA) is 87.6 Å². The molecule has 1 fully saturated rings. The number of rotatable bonds is 3. The van der Waals surface area contributed by atoms with Gasteiger partial charge in [-0.15, -0.1) is 0 Å². The monoisotopic (exact) mass is 484 g/mol. The molecule has 1 aliphatic heterocycles. The van der Waals surface area contributed by atoms with Crippen LogP contribution in [0.2, 0.25) is 0 Å². The molecule has 4 rings (SSSR count). The number of ether oxygens (including phenoxy) is 1. The molecule has 0 aliphatic carbocycles. The lowest BCUT2D eigenvalue weighted by atomic mass is 10.1. The van der Waals surface area contributed by atoms with Crippen LogP contribution in [0, 0.1) is 0 Å². The van der Waals surface area contributed by atoms with Gasteiger partial charge in [0.2, 0.25) is 0 Å². The van der Waals surface area contributed by atoms with E-state index in [2.05, 4.69) is 26.2 Å². The maximum absolute atomic E-state index is 12.4. The van der Waals surface area contributed by atoms with Crippen molar-refractivity contribution in [3.05, 3.63) is 46.9 Å². The zero-order valence-corrected chi connectivity index (χ0v) is 19.3. The van der Waals surface area contributed by atoms with Crippen LogP contribution >= 0.6 is 15.9 Å². The Bertz CT molecular complexity index is 1130. The second-order valence-corrected chi connectivity index (χ2v) is 9.55. The first kappa shape index (κ1) is 21.4. The zero-order valence-electron chi connectivity index (χ0n) is 17.7. The van der Waals surface area contributed by atoms with Gasteiger partial charge < -0.3 is 20.1 Å². The normalized spacial score (nSPS) is 16.5. The van der Waals surface area contributed by atoms with E-state index >= 15 is 0 Å². The van der Waals surface area contributed by atoms with Crippen LogP contribution in [0.25, 0.3) is 22.3 Å². The van der Waals surface area contributed by atoms with Crippen LogP contribution in [0.1, 0.15) is 27.2 Å². The van der Waals surface area contributed by atoms with Crippen molar-refractivity contribution in [1.29, 1.82) is 0 Å². The second-order valence-electron chi connectivity index (χ2n) is 8.63. The van der Waals surface area contributed by atoms with E-state index in [-0.39, 0.29) is 17.9 Å². The Labute approximate surface area is 189 Å². The third-order valence-corrected chi connectivity index (χ3v) is 5.48. The minimum Gasteiger partial charge on any atom is -0.507 e. The van der Waals surface area contributed by atoms with Crippen molar-refractivity contribution < 1.29 is 14.6 Å². The quantitative estimate of drug-likeness (QED) is 0.531. The van der Waals surface area contributed by atoms with Gasteiger partial charge in [0.1, 0.15) is 17.2 Å². The van der Waals surface area contributed by atoms with Crippen LogP contribution in [-0.2, 0) is 4.74 Å². The van der Waals surface area contributed by atoms with E-state index in [1.54, 1.807) is 23.1 Å². The van der Waals surface area contributed by atoms with Gasteiger partial charge in [0.05, 0.1) is 11.1 Å². The molecule has 2 N–H and O–H groups in total. The number of nitrogens with zero attached hydrogens (tertiary/aromatic N) is 3. The zero-order chi connectivity index (χ0) is 22.2. The Morgan fingerprint density at radius 1 is 1.23 bits per heavy atom. The summed E-state index contributed by atoms with van der Waals surface area (Å²) in [5, 5.41) is 14.6. The van der Waals surface area contributed by atoms with Crippen molar-refractivity contribution in [2.24, 2.45) is 0 Å². The molecule has 1 aliphatic rings. The first-order chi connectivity index (χ1) is 14.7. The number of hydrogen-bond acceptors (Lipinski definition) is 6. The number of aromatic hydroxyl groups is 1. The van der Waals surface area contributed by atoms with Crippen LogP contribution in [0.15, 0.2) is 46.9 Å². The summed E-state index contributed by atoms with van der Waals surface area (Å²) < 4.78 is 6.42. The predicted octanol–water partition coefficient (Wildman–Crippen LogP) is 5.19. The molecule has 8 heteroatoms. The third kappa shape index (κ3) is 4.90. The molecule has 31 heavy (non-hydrogen) atoms. The molecule has 0 saturated carbocycles. The Morgan fingerprint density at radius 3 is 2.74 bits per heavy atom. The summed E-state index contributed by atoms with van der Waals surface area (Å²) in [5.74, 6) is 1.24. The highest BCUT2D eigenvalue weighted by Crippen LogP contribution is 2.32. The Balaban J connectivity index is 1.63. The van der Waals surface area contributed by atoms with Gasteiger partial charge in [-0.05, 0) is 57.5 Å². The summed E-state index contributed by atoms with van der Waals surface area (Å²) in [6, 6.07) is 12.8. The SMILES string of the molecule is CC(C)(C)OC(=O)N1CC[C@H](Nc2nc(-c3ccccc3O)nc3ccc(Br)cc23)C1. The molecule has 2 aromatic carbocycles. The van der Waals surface area contributed by atoms with Gasteiger partial charge >= 0.3 is 6.09 Å². The molecule has 0 bridgehead atoms. The molecule has 7 nitrogen and oxygen atoms in total. The standard InChI is InChI=1S/C23H25BrN4O3/c1-23(2,3)31-22(30)28-11-10-15(13-28)25-21-17-12-14(24)8-9-18(17)26-20(27-21)16-6-4-5-7-19(16)29/h4-9,12,15,29H,10-11,13H2,1-3H3,(H,25,26,27)/t15-/m0/s1. The second kappa shape index (κ2) is 8.34. The number of anilines is 1. The van der Waals surface area contributed by atoms with Gasteiger partial charge in [0.15, 0.2) is 5.82 Å². The number of benzene rings is 2. The molecule has 0 unspecified atom stereocenters. The Hall–Kier alpha value is -2.87. The van der Waals surface area contributed by atoms with E-state index in [0.29, 0.717) is 30.3 Å². The number of para-hydroxylation sites is 1. The number of hydrogen-bond donors (Lipinski definition) is 2. The Morgan fingerprint density at radius 2 is 2.00 bits per heavy atom. The van der Waals surface area contributed by atoms with Gasteiger partial charge in [0.25, 0.3) is 0 Å². The number of carbonyl (C=O) groups is 1. The fourth-order valence-electron chi connectivity index (χ4n) is 3.56. The molecule has 1 atom stereocenters. The number of carbonyl (C=O) groups excluding carboxylic acids is 1. The fraction of sp³-hybridized carbons (Fsp3) is 0.348. The van der Waals surface area contributed by atoms with Gasteiger partial charge in [-0.2, -0.15) is 0 Å². The van der Waals surface area contributed by atoms with Gasteiger partial charge in [-0.1, -0.05) is 28.1 Å². The van der Waals surface area contributed by atoms with Crippen LogP contribution < -0.4 is 5.32 Å². The minimum absolute atomic E-state index is 0.0295. The average molecular weight is 485 g/mol. The summed E-state index contributed by atoms with van der Waals surface area (Å²) in [5.41, 5.74) is 0.808. The third-order valence-electron chi connectivity index (χ3n) is 4.98. The number of likely N-dealkylation sites (tertiary alicyclic amines) is 1. The van der Waals surface area contributed by atoms with E-state index < -0.39 is 5.60 Å². The van der Waals surface area contributed by atoms with Gasteiger partial charge in [-0.3, -0.25) is 0 Å². The first-order valence-electron chi connectivity index (χ1n) is 10.2. The summed E-state index contributed by atoms with van der Waals surface area (Å²) >= 11 is 3.52. The van der Waals surface area contributed by atoms with Crippen molar-refractivity contribution >= 4 is 38.7 Å². The number of phenolic OH excluding ortho intramolecular Hbond substituents is 1. The molecule has 0 radical (unpaired) electrons. The molecular weight excluding hydrogens is 460 g/mol. The van der Waals surface area contributed by atoms with E-state index in [4.69, 9.17) is 9.72 Å². The van der Waals surface area contributed by atoms with E-state index in [0.717, 1.165) is 21.8 Å². The summed E-state index contributed by atoms with van der Waals surface area (Å²) in [4.78, 5) is 23.5. The summed E-state index contributed by atoms with van der Waals surface area (Å²) in [6.45, 7) is 6.73. The van der Waals surface area contributed by atoms with Crippen molar-refractivity contribution in [3.63, 3.8) is 0 Å². The van der Waals surface area contributed by atoms with Crippen LogP contribution in [-0.4, -0.2) is 50.8 Å². The minimum atomic E-state index is -0.523. The largest absolute Gasteiger partial charge is 0.507 e. The van der Waals surface area contributed by atoms with Gasteiger partial charge in [0, 0.05) is 29.0 Å². The number of nitrogens with one attached hydrogen (secondary N) is 1. The average Bonchev–Trinajstić information content (AvgIpc) is 3.16. The first-order valence-corrected chi connectivity index (χ1v) is 11.0. The molecular formula is C23H25BrN4O3. The number of halogens is 1. The van der Waals surface area contributed by atoms with Crippen molar-refractivity contribution in [3.8, 4) is 17.1 Å². The highest BCUT2D eigenvalue weighted by molar-refractivity contribution is 9.10. The number of phenols is 1. The van der Waals surface area contributed by atoms with Crippen LogP contribution in [0.3, 0.4) is 0 Å². The lowest BCUT2D eigenvalue weighted by Gasteiger charge is -2.24. The number of aromatic nitrogens is 2. The van der Waals surface area contributed by atoms with E-state index in [9.17, 15) is 9.90 Å². The van der Waals surface area contributed by atoms with Crippen molar-refractivity contribution in [1.82, 2.24) is 14.9 Å². The van der Waals surface area contributed by atoms with Crippen LogP contribution in [0.4, 0.5) is 10.6 Å². The molecule has 2 heterocycles. The molecule has 1 saturated heterocycles.